The monoisotopic (exact) mass is 345 g/mol. The molecule has 4 nitrogen and oxygen atoms in total. The number of aryl methyl sites for hydroxylation is 1. The van der Waals surface area contributed by atoms with Gasteiger partial charge < -0.3 is 4.74 Å². The van der Waals surface area contributed by atoms with Crippen molar-refractivity contribution in [1.82, 2.24) is 4.31 Å². The van der Waals surface area contributed by atoms with Crippen molar-refractivity contribution in [3.8, 4) is 0 Å². The minimum absolute atomic E-state index is 0.0998. The van der Waals surface area contributed by atoms with Gasteiger partial charge in [-0.25, -0.2) is 8.42 Å². The van der Waals surface area contributed by atoms with Crippen LogP contribution < -0.4 is 0 Å². The Bertz CT molecular complexity index is 772. The summed E-state index contributed by atoms with van der Waals surface area (Å²) >= 11 is 0. The third-order valence-corrected chi connectivity index (χ3v) is 6.29. The molecular formula is C19H23NO3S. The predicted molar refractivity (Wildman–Crippen MR) is 94.4 cm³/mol. The van der Waals surface area contributed by atoms with E-state index in [9.17, 15) is 8.42 Å². The van der Waals surface area contributed by atoms with Gasteiger partial charge in [-0.3, -0.25) is 0 Å². The Morgan fingerprint density at radius 1 is 1.08 bits per heavy atom. The minimum Gasteiger partial charge on any atom is -0.375 e. The molecule has 0 amide bonds. The summed E-state index contributed by atoms with van der Waals surface area (Å²) in [6.07, 6.45) is 0.552. The van der Waals surface area contributed by atoms with Crippen LogP contribution in [0.5, 0.6) is 0 Å². The van der Waals surface area contributed by atoms with E-state index in [0.717, 1.165) is 11.1 Å². The molecule has 3 rings (SSSR count). The average molecular weight is 345 g/mol. The van der Waals surface area contributed by atoms with Crippen molar-refractivity contribution in [1.29, 1.82) is 0 Å². The van der Waals surface area contributed by atoms with Crippen LogP contribution >= 0.6 is 0 Å². The van der Waals surface area contributed by atoms with E-state index in [-0.39, 0.29) is 12.1 Å². The molecule has 0 bridgehead atoms. The Labute approximate surface area is 144 Å². The molecule has 128 valence electrons. The summed E-state index contributed by atoms with van der Waals surface area (Å²) in [5, 5.41) is 0. The van der Waals surface area contributed by atoms with Crippen molar-refractivity contribution in [2.24, 2.45) is 0 Å². The first kappa shape index (κ1) is 17.1. The maximum Gasteiger partial charge on any atom is 0.243 e. The summed E-state index contributed by atoms with van der Waals surface area (Å²) in [7, 11) is -3.53. The van der Waals surface area contributed by atoms with Gasteiger partial charge >= 0.3 is 0 Å². The van der Waals surface area contributed by atoms with E-state index in [1.165, 1.54) is 0 Å². The third kappa shape index (κ3) is 3.69. The molecule has 2 aromatic carbocycles. The van der Waals surface area contributed by atoms with Gasteiger partial charge in [0.1, 0.15) is 0 Å². The summed E-state index contributed by atoms with van der Waals surface area (Å²) in [5.41, 5.74) is 2.16. The smallest absolute Gasteiger partial charge is 0.243 e. The molecule has 0 unspecified atom stereocenters. The Morgan fingerprint density at radius 2 is 1.75 bits per heavy atom. The molecule has 2 aromatic rings. The normalized spacial score (nSPS) is 22.4. The van der Waals surface area contributed by atoms with Gasteiger partial charge in [0.05, 0.1) is 23.6 Å². The molecular weight excluding hydrogens is 322 g/mol. The van der Waals surface area contributed by atoms with Gasteiger partial charge in [0, 0.05) is 6.54 Å². The number of sulfonamides is 1. The van der Waals surface area contributed by atoms with Crippen LogP contribution in [-0.2, 0) is 21.2 Å². The van der Waals surface area contributed by atoms with Gasteiger partial charge in [0.2, 0.25) is 10.0 Å². The molecule has 1 aliphatic rings. The van der Waals surface area contributed by atoms with Gasteiger partial charge in [-0.1, -0.05) is 48.0 Å². The summed E-state index contributed by atoms with van der Waals surface area (Å²) in [6, 6.07) is 16.8. The first-order valence-corrected chi connectivity index (χ1v) is 9.65. The second-order valence-electron chi connectivity index (χ2n) is 6.38. The number of ether oxygens (including phenoxy) is 1. The fourth-order valence-electron chi connectivity index (χ4n) is 3.00. The summed E-state index contributed by atoms with van der Waals surface area (Å²) in [4.78, 5) is 0.347. The Kier molecular flexibility index (Phi) is 5.04. The lowest BCUT2D eigenvalue weighted by molar-refractivity contribution is -0.0219. The Morgan fingerprint density at radius 3 is 2.42 bits per heavy atom. The van der Waals surface area contributed by atoms with Gasteiger partial charge in [-0.05, 0) is 38.0 Å². The van der Waals surface area contributed by atoms with Crippen molar-refractivity contribution >= 4 is 10.0 Å². The molecule has 0 spiro atoms. The fourth-order valence-corrected chi connectivity index (χ4v) is 4.69. The highest BCUT2D eigenvalue weighted by Crippen LogP contribution is 2.25. The van der Waals surface area contributed by atoms with E-state index < -0.39 is 10.0 Å². The zero-order valence-electron chi connectivity index (χ0n) is 14.1. The molecule has 0 aliphatic carbocycles. The molecule has 5 heteroatoms. The molecule has 24 heavy (non-hydrogen) atoms. The molecule has 0 radical (unpaired) electrons. The van der Waals surface area contributed by atoms with Crippen LogP contribution in [0.1, 0.15) is 18.1 Å². The number of rotatable bonds is 4. The highest BCUT2D eigenvalue weighted by atomic mass is 32.2. The maximum absolute atomic E-state index is 13.1. The van der Waals surface area contributed by atoms with Gasteiger partial charge in [0.15, 0.2) is 0 Å². The number of nitrogens with zero attached hydrogens (tertiary/aromatic N) is 1. The zero-order valence-corrected chi connectivity index (χ0v) is 14.9. The standard InChI is InChI=1S/C19H23NO3S/c1-15-8-10-19(11-9-15)24(21,22)20-13-16(2)23-14-18(20)12-17-6-4-3-5-7-17/h3-11,16,18H,12-14H2,1-2H3/t16-,18+/m1/s1. The second kappa shape index (κ2) is 7.05. The van der Waals surface area contributed by atoms with Crippen LogP contribution in [0.2, 0.25) is 0 Å². The molecule has 1 aliphatic heterocycles. The van der Waals surface area contributed by atoms with Crippen molar-refractivity contribution in [3.05, 3.63) is 65.7 Å². The van der Waals surface area contributed by atoms with Crippen LogP contribution in [0.4, 0.5) is 0 Å². The first-order chi connectivity index (χ1) is 11.5. The van der Waals surface area contributed by atoms with Crippen molar-refractivity contribution in [3.63, 3.8) is 0 Å². The van der Waals surface area contributed by atoms with E-state index in [1.807, 2.05) is 56.3 Å². The maximum atomic E-state index is 13.1. The summed E-state index contributed by atoms with van der Waals surface area (Å²) in [6.45, 7) is 4.66. The van der Waals surface area contributed by atoms with E-state index in [0.29, 0.717) is 24.5 Å². The fraction of sp³-hybridized carbons (Fsp3) is 0.368. The van der Waals surface area contributed by atoms with Gasteiger partial charge in [-0.15, -0.1) is 0 Å². The van der Waals surface area contributed by atoms with Gasteiger partial charge in [0.25, 0.3) is 0 Å². The van der Waals surface area contributed by atoms with Crippen LogP contribution in [0.15, 0.2) is 59.5 Å². The van der Waals surface area contributed by atoms with Crippen molar-refractivity contribution in [2.45, 2.75) is 37.3 Å². The molecule has 0 aromatic heterocycles. The SMILES string of the molecule is Cc1ccc(S(=O)(=O)N2C[C@@H](C)OC[C@@H]2Cc2ccccc2)cc1. The Hall–Kier alpha value is -1.69. The topological polar surface area (TPSA) is 46.6 Å². The van der Waals surface area contributed by atoms with E-state index in [4.69, 9.17) is 4.74 Å². The number of morpholine rings is 1. The summed E-state index contributed by atoms with van der Waals surface area (Å²) < 4.78 is 33.6. The number of hydrogen-bond acceptors (Lipinski definition) is 3. The molecule has 1 saturated heterocycles. The first-order valence-electron chi connectivity index (χ1n) is 8.21. The minimum atomic E-state index is -3.53. The zero-order chi connectivity index (χ0) is 17.2. The highest BCUT2D eigenvalue weighted by molar-refractivity contribution is 7.89. The van der Waals surface area contributed by atoms with E-state index >= 15 is 0 Å². The number of hydrogen-bond donors (Lipinski definition) is 0. The lowest BCUT2D eigenvalue weighted by Crippen LogP contribution is -2.52. The van der Waals surface area contributed by atoms with Gasteiger partial charge in [-0.2, -0.15) is 4.31 Å². The van der Waals surface area contributed by atoms with Crippen LogP contribution in [-0.4, -0.2) is 38.0 Å². The molecule has 1 heterocycles. The predicted octanol–water partition coefficient (Wildman–Crippen LogP) is 3.02. The number of benzene rings is 2. The molecule has 0 saturated carbocycles. The molecule has 2 atom stereocenters. The van der Waals surface area contributed by atoms with Crippen LogP contribution in [0, 0.1) is 6.92 Å². The third-order valence-electron chi connectivity index (χ3n) is 4.36. The van der Waals surface area contributed by atoms with Crippen LogP contribution in [0.25, 0.3) is 0 Å². The quantitative estimate of drug-likeness (QED) is 0.856. The largest absolute Gasteiger partial charge is 0.375 e. The van der Waals surface area contributed by atoms with E-state index in [1.54, 1.807) is 16.4 Å². The van der Waals surface area contributed by atoms with E-state index in [2.05, 4.69) is 0 Å². The van der Waals surface area contributed by atoms with Crippen molar-refractivity contribution in [2.75, 3.05) is 13.2 Å². The average Bonchev–Trinajstić information content (AvgIpc) is 2.58. The second-order valence-corrected chi connectivity index (χ2v) is 8.27. The lowest BCUT2D eigenvalue weighted by Gasteiger charge is -2.37. The summed E-state index contributed by atoms with van der Waals surface area (Å²) in [5.74, 6) is 0. The van der Waals surface area contributed by atoms with Crippen LogP contribution in [0.3, 0.4) is 0 Å². The molecule has 0 N–H and O–H groups in total. The molecule has 1 fully saturated rings. The van der Waals surface area contributed by atoms with Crippen molar-refractivity contribution < 1.29 is 13.2 Å². The Balaban J connectivity index is 1.90. The lowest BCUT2D eigenvalue weighted by atomic mass is 10.1. The highest BCUT2D eigenvalue weighted by Gasteiger charge is 2.36.